The van der Waals surface area contributed by atoms with E-state index in [2.05, 4.69) is 5.32 Å². The Kier molecular flexibility index (Phi) is 7.44. The Morgan fingerprint density at radius 3 is 2.62 bits per heavy atom. The number of quaternary nitrogens is 1. The van der Waals surface area contributed by atoms with E-state index < -0.39 is 17.9 Å². The Hall–Kier alpha value is -2.57. The van der Waals surface area contributed by atoms with E-state index in [0.29, 0.717) is 29.4 Å². The second kappa shape index (κ2) is 9.79. The summed E-state index contributed by atoms with van der Waals surface area (Å²) >= 11 is 5.92. The number of nitrogens with one attached hydrogen (secondary N) is 1. The van der Waals surface area contributed by atoms with Gasteiger partial charge in [-0.15, -0.1) is 0 Å². The quantitative estimate of drug-likeness (QED) is 0.670. The molecule has 0 aliphatic rings. The minimum Gasteiger partial charge on any atom is -0.544 e. The number of carboxylic acids is 1. The predicted molar refractivity (Wildman–Crippen MR) is 97.0 cm³/mol. The number of carbonyl (C=O) groups excluding carboxylic acids is 2. The van der Waals surface area contributed by atoms with Crippen LogP contribution in [0.5, 0.6) is 5.75 Å². The van der Waals surface area contributed by atoms with Gasteiger partial charge in [0, 0.05) is 11.4 Å². The highest BCUT2D eigenvalue weighted by molar-refractivity contribution is 6.31. The predicted octanol–water partition coefficient (Wildman–Crippen LogP) is 0.602. The Balaban J connectivity index is 1.91. The van der Waals surface area contributed by atoms with Crippen LogP contribution in [0.3, 0.4) is 0 Å². The SMILES string of the molecule is COc1ccc(Cl)cc1NC(=O)C[C@H]([NH2+]CCc1ccccc1)C(=O)[O-]. The maximum atomic E-state index is 12.2. The number of carboxylic acid groups (broad SMARTS) is 1. The van der Waals surface area contributed by atoms with Gasteiger partial charge in [-0.1, -0.05) is 41.9 Å². The molecule has 138 valence electrons. The monoisotopic (exact) mass is 376 g/mol. The van der Waals surface area contributed by atoms with Crippen molar-refractivity contribution in [2.75, 3.05) is 19.0 Å². The summed E-state index contributed by atoms with van der Waals surface area (Å²) in [6, 6.07) is 13.6. The molecule has 0 spiro atoms. The van der Waals surface area contributed by atoms with Crippen molar-refractivity contribution in [1.29, 1.82) is 0 Å². The Bertz CT molecular complexity index is 752. The largest absolute Gasteiger partial charge is 0.544 e. The van der Waals surface area contributed by atoms with Crippen LogP contribution in [0.1, 0.15) is 12.0 Å². The highest BCUT2D eigenvalue weighted by Crippen LogP contribution is 2.27. The molecule has 0 fully saturated rings. The first-order valence-electron chi connectivity index (χ1n) is 8.21. The van der Waals surface area contributed by atoms with Gasteiger partial charge >= 0.3 is 0 Å². The van der Waals surface area contributed by atoms with Crippen molar-refractivity contribution in [2.45, 2.75) is 18.9 Å². The molecule has 6 nitrogen and oxygen atoms in total. The summed E-state index contributed by atoms with van der Waals surface area (Å²) in [5, 5.41) is 16.0. The van der Waals surface area contributed by atoms with E-state index in [1.807, 2.05) is 30.3 Å². The van der Waals surface area contributed by atoms with Gasteiger partial charge in [0.2, 0.25) is 5.91 Å². The summed E-state index contributed by atoms with van der Waals surface area (Å²) in [4.78, 5) is 23.6. The zero-order valence-corrected chi connectivity index (χ0v) is 15.2. The van der Waals surface area contributed by atoms with Crippen molar-refractivity contribution in [3.63, 3.8) is 0 Å². The lowest BCUT2D eigenvalue weighted by atomic mass is 10.1. The van der Waals surface area contributed by atoms with Crippen LogP contribution < -0.4 is 20.5 Å². The van der Waals surface area contributed by atoms with E-state index in [0.717, 1.165) is 5.56 Å². The van der Waals surface area contributed by atoms with Gasteiger partial charge in [-0.05, 0) is 23.8 Å². The van der Waals surface area contributed by atoms with Gasteiger partial charge in [0.1, 0.15) is 11.8 Å². The van der Waals surface area contributed by atoms with Gasteiger partial charge in [0.05, 0.1) is 31.7 Å². The summed E-state index contributed by atoms with van der Waals surface area (Å²) in [5.74, 6) is -1.28. The number of benzene rings is 2. The molecule has 2 rings (SSSR count). The average molecular weight is 377 g/mol. The number of anilines is 1. The number of hydrogen-bond donors (Lipinski definition) is 2. The van der Waals surface area contributed by atoms with Gasteiger partial charge in [0.15, 0.2) is 0 Å². The number of methoxy groups -OCH3 is 1. The van der Waals surface area contributed by atoms with E-state index in [4.69, 9.17) is 16.3 Å². The fourth-order valence-electron chi connectivity index (χ4n) is 2.54. The summed E-state index contributed by atoms with van der Waals surface area (Å²) in [7, 11) is 1.47. The third-order valence-corrected chi connectivity index (χ3v) is 4.11. The topological polar surface area (TPSA) is 95.1 Å². The average Bonchev–Trinajstić information content (AvgIpc) is 2.62. The normalized spacial score (nSPS) is 11.6. The second-order valence-electron chi connectivity index (χ2n) is 5.78. The number of nitrogens with two attached hydrogens (primary N) is 1. The minimum absolute atomic E-state index is 0.215. The molecule has 0 radical (unpaired) electrons. The number of hydrogen-bond acceptors (Lipinski definition) is 4. The molecular formula is C19H21ClN2O4. The van der Waals surface area contributed by atoms with Gasteiger partial charge in [-0.3, -0.25) is 4.79 Å². The molecule has 0 saturated carbocycles. The molecule has 0 bridgehead atoms. The summed E-state index contributed by atoms with van der Waals surface area (Å²) in [6.45, 7) is 0.538. The van der Waals surface area contributed by atoms with Crippen LogP contribution in [-0.2, 0) is 16.0 Å². The molecule has 1 atom stereocenters. The number of ether oxygens (including phenoxy) is 1. The molecular weight excluding hydrogens is 356 g/mol. The molecule has 0 saturated heterocycles. The molecule has 7 heteroatoms. The van der Waals surface area contributed by atoms with Gasteiger partial charge < -0.3 is 25.3 Å². The van der Waals surface area contributed by atoms with E-state index in [1.54, 1.807) is 23.5 Å². The fraction of sp³-hybridized carbons (Fsp3) is 0.263. The fourth-order valence-corrected chi connectivity index (χ4v) is 2.71. The van der Waals surface area contributed by atoms with Crippen molar-refractivity contribution in [2.24, 2.45) is 0 Å². The second-order valence-corrected chi connectivity index (χ2v) is 6.22. The van der Waals surface area contributed by atoms with Crippen LogP contribution in [0.15, 0.2) is 48.5 Å². The number of halogens is 1. The third kappa shape index (κ3) is 6.06. The highest BCUT2D eigenvalue weighted by atomic mass is 35.5. The lowest BCUT2D eigenvalue weighted by Gasteiger charge is -2.17. The maximum absolute atomic E-state index is 12.2. The van der Waals surface area contributed by atoms with Crippen LogP contribution in [0.4, 0.5) is 5.69 Å². The standard InChI is InChI=1S/C19H21ClN2O4/c1-26-17-8-7-14(20)11-15(17)22-18(23)12-16(19(24)25)21-10-9-13-5-3-2-4-6-13/h2-8,11,16,21H,9-10,12H2,1H3,(H,22,23)(H,24,25)/t16-/m0/s1. The minimum atomic E-state index is -1.27. The molecule has 0 heterocycles. The number of amides is 1. The molecule has 0 aliphatic heterocycles. The van der Waals surface area contributed by atoms with Crippen LogP contribution in [0.25, 0.3) is 0 Å². The summed E-state index contributed by atoms with van der Waals surface area (Å²) < 4.78 is 5.16. The molecule has 26 heavy (non-hydrogen) atoms. The van der Waals surface area contributed by atoms with Crippen LogP contribution in [-0.4, -0.2) is 31.6 Å². The zero-order chi connectivity index (χ0) is 18.9. The first-order valence-corrected chi connectivity index (χ1v) is 8.59. The lowest BCUT2D eigenvalue weighted by Crippen LogP contribution is -2.93. The smallest absolute Gasteiger partial charge is 0.230 e. The highest BCUT2D eigenvalue weighted by Gasteiger charge is 2.19. The van der Waals surface area contributed by atoms with Crippen molar-refractivity contribution < 1.29 is 24.7 Å². The van der Waals surface area contributed by atoms with Crippen molar-refractivity contribution in [3.05, 3.63) is 59.1 Å². The summed E-state index contributed by atoms with van der Waals surface area (Å²) in [6.07, 6.45) is 0.487. The van der Waals surface area contributed by atoms with Crippen molar-refractivity contribution in [3.8, 4) is 5.75 Å². The van der Waals surface area contributed by atoms with E-state index in [1.165, 1.54) is 7.11 Å². The molecule has 0 unspecified atom stereocenters. The molecule has 0 aliphatic carbocycles. The summed E-state index contributed by atoms with van der Waals surface area (Å²) in [5.41, 5.74) is 1.50. The lowest BCUT2D eigenvalue weighted by molar-refractivity contribution is -0.682. The van der Waals surface area contributed by atoms with Gasteiger partial charge in [0.25, 0.3) is 0 Å². The number of aliphatic carboxylic acids is 1. The zero-order valence-electron chi connectivity index (χ0n) is 14.4. The van der Waals surface area contributed by atoms with E-state index >= 15 is 0 Å². The number of rotatable bonds is 9. The molecule has 1 amide bonds. The van der Waals surface area contributed by atoms with Crippen molar-refractivity contribution in [1.82, 2.24) is 0 Å². The van der Waals surface area contributed by atoms with Crippen LogP contribution in [0, 0.1) is 0 Å². The maximum Gasteiger partial charge on any atom is 0.230 e. The van der Waals surface area contributed by atoms with Gasteiger partial charge in [-0.2, -0.15) is 0 Å². The molecule has 0 aromatic heterocycles. The Morgan fingerprint density at radius 1 is 1.23 bits per heavy atom. The van der Waals surface area contributed by atoms with Gasteiger partial charge in [-0.25, -0.2) is 0 Å². The molecule has 3 N–H and O–H groups in total. The third-order valence-electron chi connectivity index (χ3n) is 3.87. The van der Waals surface area contributed by atoms with E-state index in [9.17, 15) is 14.7 Å². The van der Waals surface area contributed by atoms with Crippen molar-refractivity contribution >= 4 is 29.2 Å². The first-order chi connectivity index (χ1) is 12.5. The number of carbonyl (C=O) groups is 2. The Labute approximate surface area is 157 Å². The first kappa shape index (κ1) is 19.8. The molecule has 2 aromatic rings. The molecule has 2 aromatic carbocycles. The Morgan fingerprint density at radius 2 is 1.96 bits per heavy atom. The van der Waals surface area contributed by atoms with Crippen LogP contribution >= 0.6 is 11.6 Å². The van der Waals surface area contributed by atoms with E-state index in [-0.39, 0.29) is 6.42 Å². The van der Waals surface area contributed by atoms with Crippen LogP contribution in [0.2, 0.25) is 5.02 Å².